The van der Waals surface area contributed by atoms with Crippen LogP contribution in [0.1, 0.15) is 53.4 Å². The Labute approximate surface area is 112 Å². The molecule has 4 heteroatoms. The topological polar surface area (TPSA) is 52.6 Å². The van der Waals surface area contributed by atoms with Gasteiger partial charge in [-0.1, -0.05) is 13.8 Å². The van der Waals surface area contributed by atoms with Gasteiger partial charge in [-0.05, 0) is 59.7 Å². The molecule has 0 aromatic carbocycles. The third-order valence-corrected chi connectivity index (χ3v) is 3.33. The Morgan fingerprint density at radius 1 is 1.33 bits per heavy atom. The molecule has 0 bridgehead atoms. The minimum atomic E-state index is -0.763. The first-order chi connectivity index (χ1) is 8.38. The molecule has 0 aliphatic carbocycles. The van der Waals surface area contributed by atoms with Crippen LogP contribution in [0, 0.1) is 0 Å². The second kappa shape index (κ2) is 8.48. The number of aliphatic carboxylic acids is 1. The number of carboxylic acids is 1. The minimum absolute atomic E-state index is 0.189. The lowest BCUT2D eigenvalue weighted by atomic mass is 9.89. The lowest BCUT2D eigenvalue weighted by Crippen LogP contribution is -2.54. The van der Waals surface area contributed by atoms with Gasteiger partial charge in [-0.15, -0.1) is 0 Å². The van der Waals surface area contributed by atoms with Crippen molar-refractivity contribution in [1.29, 1.82) is 0 Å². The van der Waals surface area contributed by atoms with Gasteiger partial charge in [-0.25, -0.2) is 0 Å². The highest BCUT2D eigenvalue weighted by molar-refractivity contribution is 5.78. The number of carboxylic acid groups (broad SMARTS) is 1. The zero-order valence-corrected chi connectivity index (χ0v) is 12.6. The molecule has 0 aromatic heterocycles. The Bertz CT molecular complexity index is 244. The molecule has 0 fully saturated rings. The van der Waals surface area contributed by atoms with Crippen LogP contribution >= 0.6 is 0 Å². The lowest BCUT2D eigenvalue weighted by Gasteiger charge is -2.32. The molecule has 1 unspecified atom stereocenters. The molecule has 0 spiro atoms. The van der Waals surface area contributed by atoms with Crippen LogP contribution in [-0.2, 0) is 4.79 Å². The van der Waals surface area contributed by atoms with Crippen LogP contribution in [0.5, 0.6) is 0 Å². The van der Waals surface area contributed by atoms with Crippen molar-refractivity contribution >= 4 is 5.97 Å². The van der Waals surface area contributed by atoms with E-state index in [1.807, 2.05) is 20.8 Å². The molecule has 108 valence electrons. The first-order valence-electron chi connectivity index (χ1n) is 7.07. The van der Waals surface area contributed by atoms with Gasteiger partial charge in [-0.2, -0.15) is 0 Å². The van der Waals surface area contributed by atoms with Crippen LogP contribution in [0.2, 0.25) is 0 Å². The molecule has 0 radical (unpaired) electrons. The summed E-state index contributed by atoms with van der Waals surface area (Å²) in [6, 6.07) is 0.189. The molecule has 0 heterocycles. The van der Waals surface area contributed by atoms with Crippen molar-refractivity contribution in [2.24, 2.45) is 0 Å². The van der Waals surface area contributed by atoms with Crippen LogP contribution in [-0.4, -0.2) is 47.7 Å². The third kappa shape index (κ3) is 5.83. The zero-order chi connectivity index (χ0) is 14.2. The van der Waals surface area contributed by atoms with Gasteiger partial charge in [0.2, 0.25) is 0 Å². The van der Waals surface area contributed by atoms with Crippen LogP contribution in [0.25, 0.3) is 0 Å². The number of nitrogens with one attached hydrogen (secondary N) is 1. The van der Waals surface area contributed by atoms with Gasteiger partial charge in [0, 0.05) is 6.04 Å². The average molecular weight is 258 g/mol. The summed E-state index contributed by atoms with van der Waals surface area (Å²) in [5.74, 6) is -0.725. The fourth-order valence-corrected chi connectivity index (χ4v) is 2.37. The fraction of sp³-hybridized carbons (Fsp3) is 0.929. The molecule has 0 saturated heterocycles. The van der Waals surface area contributed by atoms with Crippen molar-refractivity contribution in [3.05, 3.63) is 0 Å². The average Bonchev–Trinajstić information content (AvgIpc) is 2.27. The molecule has 0 amide bonds. The smallest absolute Gasteiger partial charge is 0.323 e. The van der Waals surface area contributed by atoms with Crippen molar-refractivity contribution < 1.29 is 9.90 Å². The largest absolute Gasteiger partial charge is 0.480 e. The predicted octanol–water partition coefficient (Wildman–Crippen LogP) is 2.34. The Hall–Kier alpha value is -0.610. The van der Waals surface area contributed by atoms with Crippen molar-refractivity contribution in [1.82, 2.24) is 10.2 Å². The highest BCUT2D eigenvalue weighted by atomic mass is 16.4. The van der Waals surface area contributed by atoms with Crippen LogP contribution in [0.4, 0.5) is 0 Å². The normalized spacial score (nSPS) is 15.1. The molecule has 4 nitrogen and oxygen atoms in total. The van der Waals surface area contributed by atoms with E-state index in [-0.39, 0.29) is 6.04 Å². The highest BCUT2D eigenvalue weighted by Crippen LogP contribution is 2.19. The second-order valence-corrected chi connectivity index (χ2v) is 5.45. The van der Waals surface area contributed by atoms with E-state index in [4.69, 9.17) is 0 Å². The third-order valence-electron chi connectivity index (χ3n) is 3.33. The van der Waals surface area contributed by atoms with Gasteiger partial charge < -0.3 is 10.0 Å². The van der Waals surface area contributed by atoms with Crippen LogP contribution in [0.3, 0.4) is 0 Å². The molecule has 0 rings (SSSR count). The monoisotopic (exact) mass is 258 g/mol. The number of hydrogen-bond acceptors (Lipinski definition) is 3. The summed E-state index contributed by atoms with van der Waals surface area (Å²) in [5.41, 5.74) is -0.763. The van der Waals surface area contributed by atoms with Crippen molar-refractivity contribution in [2.45, 2.75) is 65.0 Å². The van der Waals surface area contributed by atoms with Gasteiger partial charge in [0.15, 0.2) is 0 Å². The maximum Gasteiger partial charge on any atom is 0.323 e. The quantitative estimate of drug-likeness (QED) is 0.631. The Kier molecular flexibility index (Phi) is 8.20. The summed E-state index contributed by atoms with van der Waals surface area (Å²) < 4.78 is 0. The van der Waals surface area contributed by atoms with E-state index < -0.39 is 11.5 Å². The summed E-state index contributed by atoms with van der Waals surface area (Å²) in [7, 11) is 2.09. The van der Waals surface area contributed by atoms with E-state index in [0.717, 1.165) is 25.9 Å². The van der Waals surface area contributed by atoms with Gasteiger partial charge in [0.1, 0.15) is 5.54 Å². The summed E-state index contributed by atoms with van der Waals surface area (Å²) in [6.45, 7) is 10.1. The van der Waals surface area contributed by atoms with E-state index in [1.165, 1.54) is 0 Å². The molecule has 0 saturated carbocycles. The molecular weight excluding hydrogens is 228 g/mol. The second-order valence-electron chi connectivity index (χ2n) is 5.45. The summed E-state index contributed by atoms with van der Waals surface area (Å²) in [4.78, 5) is 13.8. The van der Waals surface area contributed by atoms with E-state index in [0.29, 0.717) is 12.8 Å². The van der Waals surface area contributed by atoms with Crippen LogP contribution < -0.4 is 5.32 Å². The molecule has 0 aliphatic heterocycles. The number of rotatable bonds is 10. The molecule has 18 heavy (non-hydrogen) atoms. The number of nitrogens with zero attached hydrogens (tertiary/aromatic N) is 1. The maximum atomic E-state index is 11.5. The van der Waals surface area contributed by atoms with Crippen molar-refractivity contribution in [3.8, 4) is 0 Å². The first-order valence-corrected chi connectivity index (χ1v) is 7.07. The first kappa shape index (κ1) is 17.4. The van der Waals surface area contributed by atoms with Gasteiger partial charge in [0.25, 0.3) is 0 Å². The predicted molar refractivity (Wildman–Crippen MR) is 76.0 cm³/mol. The van der Waals surface area contributed by atoms with Crippen LogP contribution in [0.15, 0.2) is 0 Å². The molecule has 2 N–H and O–H groups in total. The van der Waals surface area contributed by atoms with Gasteiger partial charge >= 0.3 is 5.97 Å². The van der Waals surface area contributed by atoms with Gasteiger partial charge in [-0.3, -0.25) is 10.1 Å². The van der Waals surface area contributed by atoms with E-state index in [9.17, 15) is 9.90 Å². The molecular formula is C14H30N2O2. The molecule has 1 atom stereocenters. The summed E-state index contributed by atoms with van der Waals surface area (Å²) in [6.07, 6.45) is 3.36. The fourth-order valence-electron chi connectivity index (χ4n) is 2.37. The minimum Gasteiger partial charge on any atom is -0.480 e. The van der Waals surface area contributed by atoms with Crippen molar-refractivity contribution in [3.63, 3.8) is 0 Å². The lowest BCUT2D eigenvalue weighted by molar-refractivity contribution is -0.145. The van der Waals surface area contributed by atoms with Gasteiger partial charge in [0.05, 0.1) is 0 Å². The Morgan fingerprint density at radius 2 is 1.94 bits per heavy atom. The van der Waals surface area contributed by atoms with E-state index in [1.54, 1.807) is 0 Å². The number of carbonyl (C=O) groups is 1. The van der Waals surface area contributed by atoms with E-state index >= 15 is 0 Å². The Morgan fingerprint density at radius 3 is 2.33 bits per heavy atom. The SMILES string of the molecule is CCCN(C)CCCC(CC)(NC(C)C)C(=O)O. The molecule has 0 aromatic rings. The highest BCUT2D eigenvalue weighted by Gasteiger charge is 2.36. The van der Waals surface area contributed by atoms with E-state index in [2.05, 4.69) is 24.2 Å². The molecule has 0 aliphatic rings. The zero-order valence-electron chi connectivity index (χ0n) is 12.6. The summed E-state index contributed by atoms with van der Waals surface area (Å²) >= 11 is 0. The summed E-state index contributed by atoms with van der Waals surface area (Å²) in [5, 5.41) is 12.7. The number of hydrogen-bond donors (Lipinski definition) is 2. The van der Waals surface area contributed by atoms with Crippen molar-refractivity contribution in [2.75, 3.05) is 20.1 Å². The maximum absolute atomic E-state index is 11.5. The Balaban J connectivity index is 4.37. The standard InChI is InChI=1S/C14H30N2O2/c1-6-10-16(5)11-8-9-14(7-2,13(17)18)15-12(3)4/h12,15H,6-11H2,1-5H3,(H,17,18).